The third-order valence-electron chi connectivity index (χ3n) is 6.29. The zero-order valence-electron chi connectivity index (χ0n) is 19.6. The van der Waals surface area contributed by atoms with E-state index in [2.05, 4.69) is 50.9 Å². The molecule has 0 spiro atoms. The van der Waals surface area contributed by atoms with Crippen molar-refractivity contribution in [1.82, 2.24) is 5.16 Å². The van der Waals surface area contributed by atoms with E-state index in [4.69, 9.17) is 14.0 Å². The van der Waals surface area contributed by atoms with Crippen LogP contribution >= 0.6 is 31.9 Å². The summed E-state index contributed by atoms with van der Waals surface area (Å²) in [6.07, 6.45) is 1.78. The molecule has 0 bridgehead atoms. The fourth-order valence-electron chi connectivity index (χ4n) is 4.41. The second kappa shape index (κ2) is 10.1. The number of benzene rings is 2. The molecule has 1 unspecified atom stereocenters. The first kappa shape index (κ1) is 24.8. The molecule has 34 heavy (non-hydrogen) atoms. The minimum Gasteiger partial charge on any atom is -0.488 e. The molecule has 1 aromatic heterocycles. The molecule has 0 amide bonds. The lowest BCUT2D eigenvalue weighted by molar-refractivity contribution is -0.137. The van der Waals surface area contributed by atoms with Crippen LogP contribution in [0.25, 0.3) is 0 Å². The molecule has 3 aromatic rings. The Kier molecular flexibility index (Phi) is 7.38. The van der Waals surface area contributed by atoms with Crippen molar-refractivity contribution in [2.45, 2.75) is 65.4 Å². The van der Waals surface area contributed by atoms with Gasteiger partial charge in [-0.2, -0.15) is 0 Å². The van der Waals surface area contributed by atoms with Crippen LogP contribution in [0.15, 0.2) is 37.7 Å². The SMILES string of the molecule is Cc1noc(C)c1COc1ccc(Oc2c(Br)cc3c(c2Br)CCC3CC(=O)O)cc1C(C)C. The zero-order valence-corrected chi connectivity index (χ0v) is 22.7. The Bertz CT molecular complexity index is 1210. The van der Waals surface area contributed by atoms with Gasteiger partial charge in [-0.25, -0.2) is 0 Å². The number of rotatable bonds is 8. The van der Waals surface area contributed by atoms with Crippen LogP contribution in [0.3, 0.4) is 0 Å². The molecule has 8 heteroatoms. The van der Waals surface area contributed by atoms with Crippen LogP contribution in [0.4, 0.5) is 0 Å². The van der Waals surface area contributed by atoms with Gasteiger partial charge in [-0.3, -0.25) is 4.79 Å². The van der Waals surface area contributed by atoms with E-state index in [0.29, 0.717) is 18.1 Å². The minimum absolute atomic E-state index is 0.0239. The maximum Gasteiger partial charge on any atom is 0.303 e. The van der Waals surface area contributed by atoms with Crippen LogP contribution in [0, 0.1) is 13.8 Å². The second-order valence-electron chi connectivity index (χ2n) is 8.95. The van der Waals surface area contributed by atoms with E-state index in [1.807, 2.05) is 38.1 Å². The molecule has 1 aliphatic carbocycles. The smallest absolute Gasteiger partial charge is 0.303 e. The van der Waals surface area contributed by atoms with Gasteiger partial charge in [0.2, 0.25) is 0 Å². The number of ether oxygens (including phenoxy) is 2. The first-order chi connectivity index (χ1) is 16.2. The van der Waals surface area contributed by atoms with E-state index in [1.54, 1.807) is 0 Å². The molecule has 1 atom stereocenters. The van der Waals surface area contributed by atoms with Gasteiger partial charge in [-0.15, -0.1) is 0 Å². The number of nitrogens with zero attached hydrogens (tertiary/aromatic N) is 1. The number of hydrogen-bond donors (Lipinski definition) is 1. The largest absolute Gasteiger partial charge is 0.488 e. The summed E-state index contributed by atoms with van der Waals surface area (Å²) in [5, 5.41) is 13.2. The van der Waals surface area contributed by atoms with E-state index >= 15 is 0 Å². The predicted octanol–water partition coefficient (Wildman–Crippen LogP) is 7.82. The Labute approximate surface area is 215 Å². The van der Waals surface area contributed by atoms with Crippen molar-refractivity contribution in [2.75, 3.05) is 0 Å². The van der Waals surface area contributed by atoms with Crippen LogP contribution in [0.1, 0.15) is 72.2 Å². The van der Waals surface area contributed by atoms with E-state index in [1.165, 1.54) is 0 Å². The lowest BCUT2D eigenvalue weighted by Gasteiger charge is -2.18. The highest BCUT2D eigenvalue weighted by molar-refractivity contribution is 9.11. The standard InChI is InChI=1S/C26H27Br2NO5/c1-13(2)19-10-17(6-8-23(19)32-12-21-14(3)29-34-15(21)4)33-26-22(27)11-20-16(9-24(30)31)5-7-18(20)25(26)28/h6,8,10-11,13,16H,5,7,9,12H2,1-4H3,(H,30,31). The summed E-state index contributed by atoms with van der Waals surface area (Å²) in [7, 11) is 0. The molecule has 0 saturated carbocycles. The number of hydrogen-bond acceptors (Lipinski definition) is 5. The lowest BCUT2D eigenvalue weighted by Crippen LogP contribution is -2.03. The molecule has 2 aromatic carbocycles. The summed E-state index contributed by atoms with van der Waals surface area (Å²) in [6, 6.07) is 7.84. The van der Waals surface area contributed by atoms with Gasteiger partial charge >= 0.3 is 5.97 Å². The first-order valence-electron chi connectivity index (χ1n) is 11.2. The molecule has 1 N–H and O–H groups in total. The fourth-order valence-corrected chi connectivity index (χ4v) is 5.93. The highest BCUT2D eigenvalue weighted by Crippen LogP contribution is 2.48. The normalized spacial score (nSPS) is 15.0. The van der Waals surface area contributed by atoms with Crippen molar-refractivity contribution in [3.63, 3.8) is 0 Å². The van der Waals surface area contributed by atoms with Crippen LogP contribution < -0.4 is 9.47 Å². The summed E-state index contributed by atoms with van der Waals surface area (Å²) in [5.74, 6) is 2.43. The average molecular weight is 593 g/mol. The molecule has 180 valence electrons. The van der Waals surface area contributed by atoms with Crippen molar-refractivity contribution < 1.29 is 23.9 Å². The summed E-state index contributed by atoms with van der Waals surface area (Å²) < 4.78 is 19.4. The number of carboxylic acids is 1. The molecular formula is C26H27Br2NO5. The van der Waals surface area contributed by atoms with Gasteiger partial charge in [0.1, 0.15) is 23.9 Å². The Morgan fingerprint density at radius 2 is 2.03 bits per heavy atom. The summed E-state index contributed by atoms with van der Waals surface area (Å²) in [6.45, 7) is 8.42. The highest BCUT2D eigenvalue weighted by Gasteiger charge is 2.29. The molecule has 1 heterocycles. The van der Waals surface area contributed by atoms with Crippen LogP contribution in [-0.4, -0.2) is 16.2 Å². The minimum atomic E-state index is -0.775. The maximum atomic E-state index is 11.2. The lowest BCUT2D eigenvalue weighted by atomic mass is 9.98. The number of aliphatic carboxylic acids is 1. The van der Waals surface area contributed by atoms with Crippen molar-refractivity contribution in [1.29, 1.82) is 0 Å². The van der Waals surface area contributed by atoms with E-state index in [0.717, 1.165) is 61.2 Å². The van der Waals surface area contributed by atoms with Crippen molar-refractivity contribution >= 4 is 37.8 Å². The molecule has 0 radical (unpaired) electrons. The zero-order chi connectivity index (χ0) is 24.6. The van der Waals surface area contributed by atoms with Gasteiger partial charge < -0.3 is 19.1 Å². The predicted molar refractivity (Wildman–Crippen MR) is 136 cm³/mol. The van der Waals surface area contributed by atoms with Gasteiger partial charge in [0.05, 0.1) is 26.6 Å². The third-order valence-corrected chi connectivity index (χ3v) is 7.72. The van der Waals surface area contributed by atoms with Crippen molar-refractivity contribution in [3.8, 4) is 17.2 Å². The van der Waals surface area contributed by atoms with Crippen LogP contribution in [-0.2, 0) is 17.8 Å². The van der Waals surface area contributed by atoms with Gasteiger partial charge in [-0.1, -0.05) is 19.0 Å². The van der Waals surface area contributed by atoms with Crippen molar-refractivity contribution in [2.24, 2.45) is 0 Å². The molecule has 1 aliphatic rings. The van der Waals surface area contributed by atoms with Gasteiger partial charge in [0.15, 0.2) is 5.75 Å². The molecule has 0 aliphatic heterocycles. The van der Waals surface area contributed by atoms with E-state index < -0.39 is 5.97 Å². The molecule has 0 saturated heterocycles. The van der Waals surface area contributed by atoms with E-state index in [-0.39, 0.29) is 18.3 Å². The molecule has 0 fully saturated rings. The fraction of sp³-hybridized carbons (Fsp3) is 0.385. The van der Waals surface area contributed by atoms with Crippen LogP contribution in [0.2, 0.25) is 0 Å². The Morgan fingerprint density at radius 3 is 2.68 bits per heavy atom. The second-order valence-corrected chi connectivity index (χ2v) is 10.6. The third kappa shape index (κ3) is 5.03. The molecular weight excluding hydrogens is 566 g/mol. The summed E-state index contributed by atoms with van der Waals surface area (Å²) in [4.78, 5) is 11.2. The van der Waals surface area contributed by atoms with Gasteiger partial charge in [0.25, 0.3) is 0 Å². The average Bonchev–Trinajstić information content (AvgIpc) is 3.32. The number of carbonyl (C=O) groups is 1. The quantitative estimate of drug-likeness (QED) is 0.287. The Balaban J connectivity index is 1.59. The Morgan fingerprint density at radius 1 is 1.26 bits per heavy atom. The Hall–Kier alpha value is -2.32. The topological polar surface area (TPSA) is 81.8 Å². The molecule has 6 nitrogen and oxygen atoms in total. The highest BCUT2D eigenvalue weighted by atomic mass is 79.9. The molecule has 4 rings (SSSR count). The number of fused-ring (bicyclic) bond motifs is 1. The maximum absolute atomic E-state index is 11.2. The number of halogens is 2. The monoisotopic (exact) mass is 591 g/mol. The van der Waals surface area contributed by atoms with Crippen molar-refractivity contribution in [3.05, 3.63) is 66.9 Å². The van der Waals surface area contributed by atoms with Gasteiger partial charge in [-0.05, 0) is 106 Å². The number of aryl methyl sites for hydroxylation is 2. The summed E-state index contributed by atoms with van der Waals surface area (Å²) in [5.41, 5.74) is 5.02. The van der Waals surface area contributed by atoms with Crippen LogP contribution in [0.5, 0.6) is 17.2 Å². The van der Waals surface area contributed by atoms with Gasteiger partial charge in [0, 0.05) is 5.56 Å². The number of aromatic nitrogens is 1. The number of carboxylic acid groups (broad SMARTS) is 1. The first-order valence-corrected chi connectivity index (χ1v) is 12.8. The van der Waals surface area contributed by atoms with E-state index in [9.17, 15) is 9.90 Å². The summed E-state index contributed by atoms with van der Waals surface area (Å²) >= 11 is 7.35.